The van der Waals surface area contributed by atoms with Crippen LogP contribution in [0.1, 0.15) is 26.7 Å². The second-order valence-electron chi connectivity index (χ2n) is 7.09. The molecule has 5 rings (SSSR count). The fourth-order valence-electron chi connectivity index (χ4n) is 3.00. The fourth-order valence-corrected chi connectivity index (χ4v) is 3.23. The van der Waals surface area contributed by atoms with Crippen LogP contribution in [0.25, 0.3) is 33.8 Å². The van der Waals surface area contributed by atoms with Gasteiger partial charge in [-0.15, -0.1) is 10.2 Å². The van der Waals surface area contributed by atoms with Crippen molar-refractivity contribution in [1.29, 1.82) is 0 Å². The maximum atomic E-state index is 6.33. The summed E-state index contributed by atoms with van der Waals surface area (Å²) in [5.41, 5.74) is 2.06. The zero-order valence-electron chi connectivity index (χ0n) is 14.3. The number of aromatic nitrogens is 7. The zero-order chi connectivity index (χ0) is 18.1. The maximum Gasteiger partial charge on any atom is 0.240 e. The Morgan fingerprint density at radius 2 is 1.88 bits per heavy atom. The minimum atomic E-state index is -0.256. The molecule has 0 unspecified atom stereocenters. The van der Waals surface area contributed by atoms with Crippen LogP contribution in [-0.4, -0.2) is 34.1 Å². The topological polar surface area (TPSA) is 86.4 Å². The van der Waals surface area contributed by atoms with E-state index in [2.05, 4.69) is 25.3 Å². The molecule has 130 valence electrons. The number of hydrogen-bond donors (Lipinski definition) is 0. The van der Waals surface area contributed by atoms with Gasteiger partial charge in [0.1, 0.15) is 5.65 Å². The summed E-state index contributed by atoms with van der Waals surface area (Å²) < 4.78 is 9.11. The first-order valence-electron chi connectivity index (χ1n) is 8.08. The van der Waals surface area contributed by atoms with Crippen molar-refractivity contribution in [2.24, 2.45) is 0 Å². The molecule has 0 aliphatic rings. The summed E-state index contributed by atoms with van der Waals surface area (Å²) in [7, 11) is 0. The normalized spacial score (nSPS) is 12.6. The van der Waals surface area contributed by atoms with Gasteiger partial charge in [-0.25, -0.2) is 4.98 Å². The third kappa shape index (κ3) is 1.99. The highest BCUT2D eigenvalue weighted by Crippen LogP contribution is 2.29. The predicted octanol–water partition coefficient (Wildman–Crippen LogP) is 3.53. The number of para-hydroxylation sites is 1. The molecule has 0 N–H and O–H groups in total. The van der Waals surface area contributed by atoms with Crippen LogP contribution in [0.4, 0.5) is 0 Å². The van der Waals surface area contributed by atoms with Crippen LogP contribution in [-0.2, 0) is 5.41 Å². The summed E-state index contributed by atoms with van der Waals surface area (Å²) in [6, 6.07) is 7.83. The first-order valence-corrected chi connectivity index (χ1v) is 8.46. The van der Waals surface area contributed by atoms with E-state index in [-0.39, 0.29) is 5.41 Å². The Balaban J connectivity index is 1.90. The average Bonchev–Trinajstić information content (AvgIpc) is 3.31. The van der Waals surface area contributed by atoms with Gasteiger partial charge in [-0.2, -0.15) is 4.98 Å². The average molecular weight is 368 g/mol. The van der Waals surface area contributed by atoms with Gasteiger partial charge in [0.25, 0.3) is 0 Å². The second kappa shape index (κ2) is 5.01. The summed E-state index contributed by atoms with van der Waals surface area (Å²) in [5.74, 6) is 1.39. The Hall–Kier alpha value is -3.00. The van der Waals surface area contributed by atoms with Gasteiger partial charge in [-0.1, -0.05) is 38.1 Å². The highest BCUT2D eigenvalue weighted by molar-refractivity contribution is 6.29. The van der Waals surface area contributed by atoms with Crippen molar-refractivity contribution in [3.63, 3.8) is 0 Å². The van der Waals surface area contributed by atoms with Gasteiger partial charge in [-0.05, 0) is 23.7 Å². The Bertz CT molecular complexity index is 1290. The fraction of sp³-hybridized carbons (Fsp3) is 0.235. The molecule has 0 amide bonds. The first kappa shape index (κ1) is 15.3. The highest BCUT2D eigenvalue weighted by atomic mass is 35.5. The molecule has 0 fully saturated rings. The lowest BCUT2D eigenvalue weighted by Gasteiger charge is -2.10. The second-order valence-corrected chi connectivity index (χ2v) is 7.43. The van der Waals surface area contributed by atoms with E-state index < -0.39 is 0 Å². The largest absolute Gasteiger partial charge is 0.338 e. The number of hydrogen-bond acceptors (Lipinski definition) is 6. The van der Waals surface area contributed by atoms with Gasteiger partial charge in [-0.3, -0.25) is 8.80 Å². The molecule has 0 radical (unpaired) electrons. The monoisotopic (exact) mass is 367 g/mol. The van der Waals surface area contributed by atoms with Crippen molar-refractivity contribution in [3.05, 3.63) is 41.6 Å². The van der Waals surface area contributed by atoms with Crippen LogP contribution >= 0.6 is 11.6 Å². The van der Waals surface area contributed by atoms with Crippen molar-refractivity contribution in [3.8, 4) is 11.6 Å². The van der Waals surface area contributed by atoms with Crippen LogP contribution in [0.15, 0.2) is 35.0 Å². The van der Waals surface area contributed by atoms with E-state index in [9.17, 15) is 0 Å². The molecule has 0 bridgehead atoms. The number of imidazole rings is 1. The third-order valence-electron chi connectivity index (χ3n) is 4.25. The predicted molar refractivity (Wildman–Crippen MR) is 96.2 cm³/mol. The Kier molecular flexibility index (Phi) is 2.94. The van der Waals surface area contributed by atoms with Crippen LogP contribution in [0.3, 0.4) is 0 Å². The van der Waals surface area contributed by atoms with Crippen LogP contribution < -0.4 is 0 Å². The summed E-state index contributed by atoms with van der Waals surface area (Å²) in [6.45, 7) is 6.03. The van der Waals surface area contributed by atoms with Gasteiger partial charge >= 0.3 is 0 Å². The number of benzene rings is 1. The summed E-state index contributed by atoms with van der Waals surface area (Å²) >= 11 is 6.33. The molecule has 0 atom stereocenters. The quantitative estimate of drug-likeness (QED) is 0.450. The van der Waals surface area contributed by atoms with Crippen molar-refractivity contribution in [1.82, 2.24) is 34.1 Å². The van der Waals surface area contributed by atoms with Crippen molar-refractivity contribution >= 4 is 33.8 Å². The van der Waals surface area contributed by atoms with Gasteiger partial charge in [0.05, 0.1) is 11.7 Å². The molecule has 0 saturated carbocycles. The van der Waals surface area contributed by atoms with Crippen LogP contribution in [0.5, 0.6) is 0 Å². The SMILES string of the molecule is CC(C)(C)c1nc(-c2nnc3c4ccccc4n4c(Cl)ncc4n23)no1. The molecule has 8 nitrogen and oxygen atoms in total. The summed E-state index contributed by atoms with van der Waals surface area (Å²) in [5, 5.41) is 14.0. The summed E-state index contributed by atoms with van der Waals surface area (Å²) in [4.78, 5) is 8.75. The lowest BCUT2D eigenvalue weighted by molar-refractivity contribution is 0.321. The van der Waals surface area contributed by atoms with Crippen LogP contribution in [0.2, 0.25) is 5.28 Å². The van der Waals surface area contributed by atoms with E-state index in [0.717, 1.165) is 16.6 Å². The molecule has 1 aromatic carbocycles. The van der Waals surface area contributed by atoms with E-state index in [0.29, 0.717) is 28.5 Å². The van der Waals surface area contributed by atoms with E-state index in [1.165, 1.54) is 0 Å². The molecular formula is C17H14ClN7O. The highest BCUT2D eigenvalue weighted by Gasteiger charge is 2.25. The number of fused-ring (bicyclic) bond motifs is 6. The first-order chi connectivity index (χ1) is 12.4. The summed E-state index contributed by atoms with van der Waals surface area (Å²) in [6.07, 6.45) is 1.68. The minimum Gasteiger partial charge on any atom is -0.338 e. The number of rotatable bonds is 1. The Morgan fingerprint density at radius 1 is 1.08 bits per heavy atom. The van der Waals surface area contributed by atoms with Gasteiger partial charge < -0.3 is 4.52 Å². The molecule has 0 aliphatic heterocycles. The minimum absolute atomic E-state index is 0.256. The lowest BCUT2D eigenvalue weighted by Crippen LogP contribution is -2.11. The van der Waals surface area contributed by atoms with Gasteiger partial charge in [0.2, 0.25) is 22.8 Å². The van der Waals surface area contributed by atoms with Crippen LogP contribution in [0, 0.1) is 0 Å². The Morgan fingerprint density at radius 3 is 2.65 bits per heavy atom. The molecule has 0 spiro atoms. The molecule has 0 saturated heterocycles. The van der Waals surface area contributed by atoms with Crippen molar-refractivity contribution in [2.75, 3.05) is 0 Å². The van der Waals surface area contributed by atoms with E-state index in [1.54, 1.807) is 6.20 Å². The van der Waals surface area contributed by atoms with Crippen molar-refractivity contribution < 1.29 is 4.52 Å². The number of nitrogens with zero attached hydrogens (tertiary/aromatic N) is 7. The van der Waals surface area contributed by atoms with Crippen molar-refractivity contribution in [2.45, 2.75) is 26.2 Å². The molecule has 9 heteroatoms. The van der Waals surface area contributed by atoms with E-state index in [1.807, 2.05) is 53.8 Å². The molecule has 26 heavy (non-hydrogen) atoms. The maximum absolute atomic E-state index is 6.33. The molecule has 4 aromatic heterocycles. The zero-order valence-corrected chi connectivity index (χ0v) is 15.1. The van der Waals surface area contributed by atoms with E-state index >= 15 is 0 Å². The van der Waals surface area contributed by atoms with Gasteiger partial charge in [0, 0.05) is 10.8 Å². The smallest absolute Gasteiger partial charge is 0.240 e. The van der Waals surface area contributed by atoms with Gasteiger partial charge in [0.15, 0.2) is 5.65 Å². The molecule has 0 aliphatic carbocycles. The molecule has 4 heterocycles. The Labute approximate surface area is 152 Å². The molecular weight excluding hydrogens is 354 g/mol. The lowest BCUT2D eigenvalue weighted by atomic mass is 9.97. The van der Waals surface area contributed by atoms with E-state index in [4.69, 9.17) is 16.1 Å². The third-order valence-corrected chi connectivity index (χ3v) is 4.51. The molecule has 5 aromatic rings. The standard InChI is InChI=1S/C17H14ClN7O/c1-17(2,3)15-20-12(23-26-15)14-22-21-13-9-6-4-5-7-10(9)24-11(25(13)14)8-19-16(24)18/h4-8H,1-3H3. The number of halogens is 1.